The fourth-order valence-corrected chi connectivity index (χ4v) is 1.63. The van der Waals surface area contributed by atoms with E-state index < -0.39 is 23.6 Å². The molecular formula is C13H9F3N2O4. The van der Waals surface area contributed by atoms with Crippen LogP contribution in [0.5, 0.6) is 0 Å². The van der Waals surface area contributed by atoms with Gasteiger partial charge in [0.15, 0.2) is 5.76 Å². The van der Waals surface area contributed by atoms with Crippen LogP contribution >= 0.6 is 0 Å². The Kier molecular flexibility index (Phi) is 4.15. The Bertz CT molecular complexity index is 692. The Labute approximate surface area is 121 Å². The van der Waals surface area contributed by atoms with Gasteiger partial charge >= 0.3 is 6.18 Å². The van der Waals surface area contributed by atoms with Crippen LogP contribution in [-0.2, 0) is 0 Å². The summed E-state index contributed by atoms with van der Waals surface area (Å²) < 4.78 is 41.2. The molecule has 0 aliphatic heterocycles. The highest BCUT2D eigenvalue weighted by Gasteiger charge is 2.28. The van der Waals surface area contributed by atoms with Gasteiger partial charge in [-0.3, -0.25) is 14.9 Å². The van der Waals surface area contributed by atoms with Crippen LogP contribution in [-0.4, -0.2) is 23.6 Å². The van der Waals surface area contributed by atoms with Gasteiger partial charge in [0.25, 0.3) is 11.6 Å². The van der Waals surface area contributed by atoms with E-state index in [2.05, 4.69) is 0 Å². The summed E-state index contributed by atoms with van der Waals surface area (Å²) in [4.78, 5) is 21.5. The molecule has 1 amide bonds. The number of hydrogen-bond donors (Lipinski definition) is 1. The van der Waals surface area contributed by atoms with Crippen molar-refractivity contribution in [3.05, 3.63) is 52.3 Å². The summed E-state index contributed by atoms with van der Waals surface area (Å²) >= 11 is 0. The standard InChI is InChI=1S/C13H9F3N2O4/c14-13(15,16)7-17-12(19)11-6-5-10(22-11)8-1-3-9(4-2-8)18(20)21/h1-6H,7H2,(H,17,19). The SMILES string of the molecule is O=C(NCC(F)(F)F)c1ccc(-c2ccc([N+](=O)[O-])cc2)o1. The van der Waals surface area contributed by atoms with Crippen LogP contribution in [0.1, 0.15) is 10.6 Å². The third kappa shape index (κ3) is 3.84. The molecule has 0 aliphatic rings. The largest absolute Gasteiger partial charge is 0.451 e. The molecule has 6 nitrogen and oxygen atoms in total. The van der Waals surface area contributed by atoms with E-state index in [0.29, 0.717) is 5.56 Å². The summed E-state index contributed by atoms with van der Waals surface area (Å²) in [7, 11) is 0. The number of rotatable bonds is 4. The first-order chi connectivity index (χ1) is 10.3. The smallest absolute Gasteiger partial charge is 0.405 e. The summed E-state index contributed by atoms with van der Waals surface area (Å²) in [6.45, 7) is -1.46. The van der Waals surface area contributed by atoms with Crippen molar-refractivity contribution in [2.45, 2.75) is 6.18 Å². The van der Waals surface area contributed by atoms with Crippen molar-refractivity contribution >= 4 is 11.6 Å². The van der Waals surface area contributed by atoms with Gasteiger partial charge in [-0.05, 0) is 24.3 Å². The number of furan rings is 1. The van der Waals surface area contributed by atoms with Gasteiger partial charge in [0.2, 0.25) is 0 Å². The van der Waals surface area contributed by atoms with Gasteiger partial charge in [0.1, 0.15) is 12.3 Å². The number of carbonyl (C=O) groups excluding carboxylic acids is 1. The van der Waals surface area contributed by atoms with Gasteiger partial charge in [0.05, 0.1) is 4.92 Å². The first-order valence-electron chi connectivity index (χ1n) is 5.96. The second kappa shape index (κ2) is 5.88. The molecule has 0 fully saturated rings. The van der Waals surface area contributed by atoms with E-state index >= 15 is 0 Å². The molecule has 2 aromatic rings. The molecule has 1 N–H and O–H groups in total. The fraction of sp³-hybridized carbons (Fsp3) is 0.154. The summed E-state index contributed by atoms with van der Waals surface area (Å²) in [5.41, 5.74) is 0.346. The molecule has 9 heteroatoms. The third-order valence-electron chi connectivity index (χ3n) is 2.64. The van der Waals surface area contributed by atoms with Crippen LogP contribution in [0.15, 0.2) is 40.8 Å². The Morgan fingerprint density at radius 1 is 1.18 bits per heavy atom. The van der Waals surface area contributed by atoms with Crippen LogP contribution in [0.2, 0.25) is 0 Å². The minimum atomic E-state index is -4.51. The molecule has 0 saturated carbocycles. The van der Waals surface area contributed by atoms with Crippen molar-refractivity contribution in [2.75, 3.05) is 6.54 Å². The Balaban J connectivity index is 2.10. The Morgan fingerprint density at radius 2 is 1.82 bits per heavy atom. The van der Waals surface area contributed by atoms with Gasteiger partial charge in [-0.25, -0.2) is 0 Å². The predicted molar refractivity (Wildman–Crippen MR) is 69.2 cm³/mol. The van der Waals surface area contributed by atoms with Crippen LogP contribution in [0.3, 0.4) is 0 Å². The number of nitro groups is 1. The number of alkyl halides is 3. The summed E-state index contributed by atoms with van der Waals surface area (Å²) in [5.74, 6) is -1.06. The molecule has 1 heterocycles. The maximum absolute atomic E-state index is 12.0. The van der Waals surface area contributed by atoms with Gasteiger partial charge in [-0.1, -0.05) is 0 Å². The van der Waals surface area contributed by atoms with Crippen molar-refractivity contribution in [3.8, 4) is 11.3 Å². The second-order valence-corrected chi connectivity index (χ2v) is 4.27. The number of amides is 1. The normalized spacial score (nSPS) is 11.2. The van der Waals surface area contributed by atoms with E-state index in [-0.39, 0.29) is 17.2 Å². The molecule has 1 aromatic carbocycles. The van der Waals surface area contributed by atoms with Crippen molar-refractivity contribution in [3.63, 3.8) is 0 Å². The Morgan fingerprint density at radius 3 is 2.36 bits per heavy atom. The molecule has 116 valence electrons. The fourth-order valence-electron chi connectivity index (χ4n) is 1.63. The third-order valence-corrected chi connectivity index (χ3v) is 2.64. The minimum Gasteiger partial charge on any atom is -0.451 e. The van der Waals surface area contributed by atoms with Crippen LogP contribution < -0.4 is 5.32 Å². The summed E-state index contributed by atoms with van der Waals surface area (Å²) in [6, 6.07) is 7.94. The molecule has 2 rings (SSSR count). The predicted octanol–water partition coefficient (Wildman–Crippen LogP) is 3.15. The molecule has 0 atom stereocenters. The highest BCUT2D eigenvalue weighted by Crippen LogP contribution is 2.24. The van der Waals surface area contributed by atoms with E-state index in [0.717, 1.165) is 0 Å². The van der Waals surface area contributed by atoms with E-state index in [1.54, 1.807) is 5.32 Å². The first kappa shape index (κ1) is 15.5. The molecule has 0 unspecified atom stereocenters. The lowest BCUT2D eigenvalue weighted by atomic mass is 10.1. The lowest BCUT2D eigenvalue weighted by Gasteiger charge is -2.06. The number of carbonyl (C=O) groups is 1. The van der Waals surface area contributed by atoms with E-state index in [1.807, 2.05) is 0 Å². The van der Waals surface area contributed by atoms with Crippen molar-refractivity contribution < 1.29 is 27.3 Å². The topological polar surface area (TPSA) is 85.4 Å². The lowest BCUT2D eigenvalue weighted by molar-refractivity contribution is -0.384. The Hall–Kier alpha value is -2.84. The van der Waals surface area contributed by atoms with E-state index in [9.17, 15) is 28.1 Å². The molecule has 1 aromatic heterocycles. The van der Waals surface area contributed by atoms with Gasteiger partial charge in [0, 0.05) is 17.7 Å². The van der Waals surface area contributed by atoms with E-state index in [1.165, 1.54) is 36.4 Å². The van der Waals surface area contributed by atoms with Gasteiger partial charge in [-0.15, -0.1) is 0 Å². The van der Waals surface area contributed by atoms with Crippen LogP contribution in [0.25, 0.3) is 11.3 Å². The lowest BCUT2D eigenvalue weighted by Crippen LogP contribution is -2.33. The molecule has 0 bridgehead atoms. The molecular weight excluding hydrogens is 305 g/mol. The van der Waals surface area contributed by atoms with Crippen molar-refractivity contribution in [1.29, 1.82) is 0 Å². The highest BCUT2D eigenvalue weighted by molar-refractivity contribution is 5.92. The van der Waals surface area contributed by atoms with Gasteiger partial charge < -0.3 is 9.73 Å². The van der Waals surface area contributed by atoms with Crippen molar-refractivity contribution in [1.82, 2.24) is 5.32 Å². The maximum Gasteiger partial charge on any atom is 0.405 e. The average molecular weight is 314 g/mol. The number of nitrogens with zero attached hydrogens (tertiary/aromatic N) is 1. The first-order valence-corrected chi connectivity index (χ1v) is 5.96. The number of nitro benzene ring substituents is 1. The highest BCUT2D eigenvalue weighted by atomic mass is 19.4. The molecule has 22 heavy (non-hydrogen) atoms. The summed E-state index contributed by atoms with van der Waals surface area (Å²) in [6.07, 6.45) is -4.51. The van der Waals surface area contributed by atoms with Gasteiger partial charge in [-0.2, -0.15) is 13.2 Å². The maximum atomic E-state index is 12.0. The van der Waals surface area contributed by atoms with Crippen LogP contribution in [0.4, 0.5) is 18.9 Å². The zero-order valence-corrected chi connectivity index (χ0v) is 10.9. The van der Waals surface area contributed by atoms with Crippen molar-refractivity contribution in [2.24, 2.45) is 0 Å². The quantitative estimate of drug-likeness (QED) is 0.694. The zero-order valence-electron chi connectivity index (χ0n) is 10.9. The summed E-state index contributed by atoms with van der Waals surface area (Å²) in [5, 5.41) is 12.2. The zero-order chi connectivity index (χ0) is 16.3. The number of benzene rings is 1. The van der Waals surface area contributed by atoms with Crippen LogP contribution in [0, 0.1) is 10.1 Å². The second-order valence-electron chi connectivity index (χ2n) is 4.27. The van der Waals surface area contributed by atoms with E-state index in [4.69, 9.17) is 4.42 Å². The number of halogens is 3. The molecule has 0 spiro atoms. The molecule has 0 radical (unpaired) electrons. The number of non-ortho nitro benzene ring substituents is 1. The average Bonchev–Trinajstić information content (AvgIpc) is 2.94. The monoisotopic (exact) mass is 314 g/mol. The number of nitrogens with one attached hydrogen (secondary N) is 1. The molecule has 0 saturated heterocycles. The minimum absolute atomic E-state index is 0.113. The number of hydrogen-bond acceptors (Lipinski definition) is 4. The molecule has 0 aliphatic carbocycles.